The molecule has 3 heteroatoms. The van der Waals surface area contributed by atoms with Crippen LogP contribution in [0.5, 0.6) is 0 Å². The van der Waals surface area contributed by atoms with E-state index in [9.17, 15) is 9.59 Å². The fraction of sp³-hybridized carbons (Fsp3) is 0.391. The van der Waals surface area contributed by atoms with Gasteiger partial charge in [-0.15, -0.1) is 0 Å². The molecule has 1 rings (SSSR count). The molecule has 0 aromatic carbocycles. The fourth-order valence-electron chi connectivity index (χ4n) is 2.66. The quantitative estimate of drug-likeness (QED) is 0.249. The van der Waals surface area contributed by atoms with Crippen LogP contribution in [0.3, 0.4) is 0 Å². The summed E-state index contributed by atoms with van der Waals surface area (Å²) >= 11 is 0. The molecule has 0 spiro atoms. The zero-order valence-electron chi connectivity index (χ0n) is 16.1. The van der Waals surface area contributed by atoms with Gasteiger partial charge in [0.25, 0.3) is 5.91 Å². The van der Waals surface area contributed by atoms with Crippen molar-refractivity contribution in [2.24, 2.45) is 5.92 Å². The van der Waals surface area contributed by atoms with Crippen molar-refractivity contribution in [2.75, 3.05) is 0 Å². The number of hydrogen-bond donors (Lipinski definition) is 1. The van der Waals surface area contributed by atoms with Crippen LogP contribution >= 0.6 is 0 Å². The van der Waals surface area contributed by atoms with Crippen LogP contribution in [0, 0.1) is 5.92 Å². The third kappa shape index (κ3) is 7.64. The van der Waals surface area contributed by atoms with Gasteiger partial charge in [-0.05, 0) is 39.0 Å². The number of carbonyl (C=O) groups excluding carboxylic acids is 2. The van der Waals surface area contributed by atoms with E-state index in [1.54, 1.807) is 0 Å². The first kappa shape index (κ1) is 21.6. The topological polar surface area (TPSA) is 46.2 Å². The molecular weight excluding hydrogens is 322 g/mol. The van der Waals surface area contributed by atoms with Crippen LogP contribution in [0.15, 0.2) is 72.0 Å². The average molecular weight is 354 g/mol. The first-order valence-electron chi connectivity index (χ1n) is 9.30. The van der Waals surface area contributed by atoms with Crippen LogP contribution in [0.4, 0.5) is 0 Å². The highest BCUT2D eigenvalue weighted by Crippen LogP contribution is 2.25. The maximum Gasteiger partial charge on any atom is 0.251 e. The highest BCUT2D eigenvalue weighted by molar-refractivity contribution is 5.95. The van der Waals surface area contributed by atoms with Crippen LogP contribution in [0.2, 0.25) is 0 Å². The minimum Gasteiger partial charge on any atom is -0.326 e. The highest BCUT2D eigenvalue weighted by atomic mass is 16.1. The molecule has 0 aromatic heterocycles. The normalized spacial score (nSPS) is 20.2. The molecular formula is C23H31NO2. The molecule has 1 N–H and O–H groups in total. The first-order valence-corrected chi connectivity index (χ1v) is 9.30. The molecule has 1 unspecified atom stereocenters. The molecule has 1 saturated heterocycles. The maximum atomic E-state index is 12.2. The Labute approximate surface area is 157 Å². The lowest BCUT2D eigenvalue weighted by Gasteiger charge is -2.24. The number of hydrogen-bond acceptors (Lipinski definition) is 2. The van der Waals surface area contributed by atoms with E-state index in [-0.39, 0.29) is 11.8 Å². The van der Waals surface area contributed by atoms with E-state index in [0.717, 1.165) is 48.0 Å². The number of carbonyl (C=O) groups is 2. The molecule has 0 bridgehead atoms. The SMILES string of the molecule is C=C(CCCC=O)C(C)=CC/C=C1/CC(C=C/C=C\CC)C(=C)NC1=O. The van der Waals surface area contributed by atoms with Gasteiger partial charge in [0.15, 0.2) is 0 Å². The summed E-state index contributed by atoms with van der Waals surface area (Å²) in [5.41, 5.74) is 3.72. The van der Waals surface area contributed by atoms with Crippen molar-refractivity contribution in [3.8, 4) is 0 Å². The summed E-state index contributed by atoms with van der Waals surface area (Å²) in [6.07, 6.45) is 17.8. The van der Waals surface area contributed by atoms with Crippen LogP contribution in [0.25, 0.3) is 0 Å². The predicted molar refractivity (Wildman–Crippen MR) is 109 cm³/mol. The van der Waals surface area contributed by atoms with Crippen molar-refractivity contribution in [3.05, 3.63) is 72.0 Å². The van der Waals surface area contributed by atoms with Gasteiger partial charge >= 0.3 is 0 Å². The van der Waals surface area contributed by atoms with Gasteiger partial charge in [-0.25, -0.2) is 0 Å². The van der Waals surface area contributed by atoms with E-state index in [2.05, 4.69) is 43.6 Å². The first-order chi connectivity index (χ1) is 12.5. The van der Waals surface area contributed by atoms with E-state index in [1.165, 1.54) is 0 Å². The van der Waals surface area contributed by atoms with Crippen molar-refractivity contribution < 1.29 is 9.59 Å². The largest absolute Gasteiger partial charge is 0.326 e. The molecule has 26 heavy (non-hydrogen) atoms. The van der Waals surface area contributed by atoms with E-state index in [1.807, 2.05) is 25.2 Å². The molecule has 1 atom stereocenters. The molecule has 0 aliphatic carbocycles. The Hall–Kier alpha value is -2.42. The van der Waals surface area contributed by atoms with E-state index >= 15 is 0 Å². The summed E-state index contributed by atoms with van der Waals surface area (Å²) in [5.74, 6) is 0.0726. The van der Waals surface area contributed by atoms with Gasteiger partial charge in [-0.2, -0.15) is 0 Å². The lowest BCUT2D eigenvalue weighted by atomic mass is 9.90. The van der Waals surface area contributed by atoms with Crippen LogP contribution in [-0.2, 0) is 9.59 Å². The molecule has 140 valence electrons. The Morgan fingerprint density at radius 1 is 1.35 bits per heavy atom. The minimum atomic E-state index is -0.0559. The third-order valence-electron chi connectivity index (χ3n) is 4.43. The summed E-state index contributed by atoms with van der Waals surface area (Å²) in [5, 5.41) is 2.87. The Balaban J connectivity index is 2.66. The molecule has 3 nitrogen and oxygen atoms in total. The fourth-order valence-corrected chi connectivity index (χ4v) is 2.66. The Kier molecular flexibility index (Phi) is 9.99. The highest BCUT2D eigenvalue weighted by Gasteiger charge is 2.23. The molecule has 1 amide bonds. The van der Waals surface area contributed by atoms with Crippen LogP contribution in [0.1, 0.15) is 52.4 Å². The summed E-state index contributed by atoms with van der Waals surface area (Å²) in [6.45, 7) is 12.1. The summed E-state index contributed by atoms with van der Waals surface area (Å²) in [6, 6.07) is 0. The van der Waals surface area contributed by atoms with E-state index in [4.69, 9.17) is 0 Å². The number of amides is 1. The maximum absolute atomic E-state index is 12.2. The van der Waals surface area contributed by atoms with E-state index < -0.39 is 0 Å². The molecule has 1 aliphatic heterocycles. The number of aldehydes is 1. The van der Waals surface area contributed by atoms with Crippen molar-refractivity contribution in [1.29, 1.82) is 0 Å². The van der Waals surface area contributed by atoms with Crippen LogP contribution < -0.4 is 5.32 Å². The monoisotopic (exact) mass is 353 g/mol. The summed E-state index contributed by atoms with van der Waals surface area (Å²) in [4.78, 5) is 22.5. The zero-order chi connectivity index (χ0) is 19.4. The van der Waals surface area contributed by atoms with Crippen molar-refractivity contribution in [2.45, 2.75) is 52.4 Å². The van der Waals surface area contributed by atoms with Gasteiger partial charge in [0.2, 0.25) is 0 Å². The van der Waals surface area contributed by atoms with Crippen molar-refractivity contribution in [3.63, 3.8) is 0 Å². The molecule has 1 fully saturated rings. The number of nitrogens with one attached hydrogen (secondary N) is 1. The standard InChI is InChI=1S/C23H31NO2/c1-5-6-7-8-14-21-17-22(23(26)24-20(21)4)15-11-13-19(3)18(2)12-9-10-16-25/h6-8,13-16,21H,2,4-5,9-12,17H2,1,3H3,(H,24,26)/b7-6-,14-8?,19-13?,22-15-. The molecule has 0 saturated carbocycles. The summed E-state index contributed by atoms with van der Waals surface area (Å²) < 4.78 is 0. The van der Waals surface area contributed by atoms with Gasteiger partial charge in [-0.1, -0.05) is 67.7 Å². The second-order valence-corrected chi connectivity index (χ2v) is 6.53. The Morgan fingerprint density at radius 3 is 2.81 bits per heavy atom. The predicted octanol–water partition coefficient (Wildman–Crippen LogP) is 5.35. The van der Waals surface area contributed by atoms with Gasteiger partial charge in [-0.3, -0.25) is 4.79 Å². The lowest BCUT2D eigenvalue weighted by Crippen LogP contribution is -2.33. The summed E-state index contributed by atoms with van der Waals surface area (Å²) in [7, 11) is 0. The van der Waals surface area contributed by atoms with Crippen molar-refractivity contribution in [1.82, 2.24) is 5.32 Å². The minimum absolute atomic E-state index is 0.0559. The number of allylic oxidation sites excluding steroid dienone is 8. The second kappa shape index (κ2) is 12.0. The Morgan fingerprint density at radius 2 is 2.12 bits per heavy atom. The van der Waals surface area contributed by atoms with Gasteiger partial charge in [0.05, 0.1) is 0 Å². The Bertz CT molecular complexity index is 647. The van der Waals surface area contributed by atoms with Crippen molar-refractivity contribution >= 4 is 12.2 Å². The van der Waals surface area contributed by atoms with Crippen LogP contribution in [-0.4, -0.2) is 12.2 Å². The zero-order valence-corrected chi connectivity index (χ0v) is 16.1. The smallest absolute Gasteiger partial charge is 0.251 e. The van der Waals surface area contributed by atoms with E-state index in [0.29, 0.717) is 19.3 Å². The second-order valence-electron chi connectivity index (χ2n) is 6.53. The van der Waals surface area contributed by atoms with Gasteiger partial charge in [0.1, 0.15) is 6.29 Å². The number of unbranched alkanes of at least 4 members (excludes halogenated alkanes) is 1. The number of piperidine rings is 1. The van der Waals surface area contributed by atoms with Gasteiger partial charge < -0.3 is 10.1 Å². The molecule has 1 heterocycles. The average Bonchev–Trinajstić information content (AvgIpc) is 2.61. The molecule has 0 radical (unpaired) electrons. The third-order valence-corrected chi connectivity index (χ3v) is 4.43. The molecule has 1 aliphatic rings. The van der Waals surface area contributed by atoms with Gasteiger partial charge in [0, 0.05) is 23.6 Å². The number of rotatable bonds is 10. The lowest BCUT2D eigenvalue weighted by molar-refractivity contribution is -0.117. The molecule has 0 aromatic rings.